The molecule has 1 aromatic heterocycles. The van der Waals surface area contributed by atoms with Crippen LogP contribution in [0.5, 0.6) is 0 Å². The monoisotopic (exact) mass is 246 g/mol. The fourth-order valence-corrected chi connectivity index (χ4v) is 1.89. The van der Waals surface area contributed by atoms with Crippen LogP contribution >= 0.6 is 0 Å². The molecule has 0 atom stereocenters. The van der Waals surface area contributed by atoms with Crippen LogP contribution in [0.2, 0.25) is 0 Å². The zero-order valence-electron chi connectivity index (χ0n) is 9.02. The molecule has 0 aliphatic carbocycles. The van der Waals surface area contributed by atoms with Gasteiger partial charge in [-0.25, -0.2) is 13.1 Å². The van der Waals surface area contributed by atoms with E-state index in [1.165, 1.54) is 12.4 Å². The number of rotatable bonds is 5. The normalized spacial score (nSPS) is 11.7. The Balaban J connectivity index is 2.53. The van der Waals surface area contributed by atoms with Gasteiger partial charge in [-0.15, -0.1) is 0 Å². The average Bonchev–Trinajstić information content (AvgIpc) is 2.67. The van der Waals surface area contributed by atoms with Crippen molar-refractivity contribution in [2.45, 2.75) is 24.8 Å². The number of amides is 1. The van der Waals surface area contributed by atoms with Gasteiger partial charge in [0.15, 0.2) is 0 Å². The van der Waals surface area contributed by atoms with E-state index in [2.05, 4.69) is 20.2 Å². The van der Waals surface area contributed by atoms with E-state index < -0.39 is 10.0 Å². The van der Waals surface area contributed by atoms with Gasteiger partial charge in [0.1, 0.15) is 4.90 Å². The SMILES string of the molecule is CC(C)NC(=O)CNS(=O)(=O)c1cn[nH]c1. The fraction of sp³-hybridized carbons (Fsp3) is 0.500. The Labute approximate surface area is 93.7 Å². The molecule has 16 heavy (non-hydrogen) atoms. The largest absolute Gasteiger partial charge is 0.353 e. The zero-order valence-corrected chi connectivity index (χ0v) is 9.84. The molecular weight excluding hydrogens is 232 g/mol. The minimum atomic E-state index is -3.65. The molecule has 3 N–H and O–H groups in total. The number of sulfonamides is 1. The first-order chi connectivity index (χ1) is 7.42. The number of H-pyrrole nitrogens is 1. The van der Waals surface area contributed by atoms with E-state index in [4.69, 9.17) is 0 Å². The molecule has 0 fully saturated rings. The molecule has 0 radical (unpaired) electrons. The van der Waals surface area contributed by atoms with Crippen LogP contribution in [0.4, 0.5) is 0 Å². The van der Waals surface area contributed by atoms with Crippen LogP contribution in [0.15, 0.2) is 17.3 Å². The molecule has 0 spiro atoms. The molecular formula is C8H14N4O3S. The quantitative estimate of drug-likeness (QED) is 0.633. The lowest BCUT2D eigenvalue weighted by atomic mass is 10.4. The highest BCUT2D eigenvalue weighted by molar-refractivity contribution is 7.89. The molecule has 0 saturated heterocycles. The maximum atomic E-state index is 11.5. The summed E-state index contributed by atoms with van der Waals surface area (Å²) in [5.41, 5.74) is 0. The lowest BCUT2D eigenvalue weighted by molar-refractivity contribution is -0.120. The van der Waals surface area contributed by atoms with Crippen molar-refractivity contribution in [1.29, 1.82) is 0 Å². The summed E-state index contributed by atoms with van der Waals surface area (Å²) in [5, 5.41) is 8.48. The standard InChI is InChI=1S/C8H14N4O3S/c1-6(2)12-8(13)5-11-16(14,15)7-3-9-10-4-7/h3-4,6,11H,5H2,1-2H3,(H,9,10)(H,12,13). The van der Waals surface area contributed by atoms with Crippen molar-refractivity contribution in [1.82, 2.24) is 20.2 Å². The van der Waals surface area contributed by atoms with Crippen molar-refractivity contribution in [2.75, 3.05) is 6.54 Å². The number of aromatic amines is 1. The van der Waals surface area contributed by atoms with E-state index in [-0.39, 0.29) is 23.4 Å². The van der Waals surface area contributed by atoms with Gasteiger partial charge in [-0.1, -0.05) is 0 Å². The molecule has 0 unspecified atom stereocenters. The van der Waals surface area contributed by atoms with Crippen LogP contribution in [0, 0.1) is 0 Å². The Hall–Kier alpha value is -1.41. The van der Waals surface area contributed by atoms with E-state index in [1.807, 2.05) is 0 Å². The molecule has 90 valence electrons. The first-order valence-electron chi connectivity index (χ1n) is 4.69. The third-order valence-electron chi connectivity index (χ3n) is 1.66. The number of hydrogen-bond acceptors (Lipinski definition) is 4. The van der Waals surface area contributed by atoms with E-state index in [1.54, 1.807) is 13.8 Å². The highest BCUT2D eigenvalue weighted by Crippen LogP contribution is 2.03. The Morgan fingerprint density at radius 1 is 1.56 bits per heavy atom. The molecule has 7 nitrogen and oxygen atoms in total. The number of nitrogens with zero attached hydrogens (tertiary/aromatic N) is 1. The molecule has 1 aromatic rings. The third-order valence-corrected chi connectivity index (χ3v) is 3.02. The van der Waals surface area contributed by atoms with Crippen LogP contribution in [0.1, 0.15) is 13.8 Å². The first kappa shape index (κ1) is 12.7. The summed E-state index contributed by atoms with van der Waals surface area (Å²) < 4.78 is 25.2. The van der Waals surface area contributed by atoms with Crippen LogP contribution in [-0.4, -0.2) is 37.1 Å². The maximum Gasteiger partial charge on any atom is 0.244 e. The van der Waals surface area contributed by atoms with Gasteiger partial charge in [-0.3, -0.25) is 9.89 Å². The molecule has 0 saturated carbocycles. The Kier molecular flexibility index (Phi) is 4.02. The van der Waals surface area contributed by atoms with Crippen molar-refractivity contribution >= 4 is 15.9 Å². The molecule has 8 heteroatoms. The smallest absolute Gasteiger partial charge is 0.244 e. The predicted molar refractivity (Wildman–Crippen MR) is 57.1 cm³/mol. The van der Waals surface area contributed by atoms with E-state index in [9.17, 15) is 13.2 Å². The number of aromatic nitrogens is 2. The number of nitrogens with one attached hydrogen (secondary N) is 3. The first-order valence-corrected chi connectivity index (χ1v) is 6.18. The van der Waals surface area contributed by atoms with Gasteiger partial charge in [0.25, 0.3) is 0 Å². The molecule has 1 rings (SSSR count). The summed E-state index contributed by atoms with van der Waals surface area (Å²) in [6.07, 6.45) is 2.41. The highest BCUT2D eigenvalue weighted by Gasteiger charge is 2.16. The Bertz CT molecular complexity index is 438. The number of carbonyl (C=O) groups excluding carboxylic acids is 1. The lowest BCUT2D eigenvalue weighted by Gasteiger charge is -2.08. The van der Waals surface area contributed by atoms with Gasteiger partial charge in [-0.05, 0) is 13.8 Å². The molecule has 1 heterocycles. The molecule has 1 amide bonds. The van der Waals surface area contributed by atoms with Crippen molar-refractivity contribution in [3.05, 3.63) is 12.4 Å². The van der Waals surface area contributed by atoms with Crippen molar-refractivity contribution in [2.24, 2.45) is 0 Å². The molecule has 0 aliphatic rings. The summed E-state index contributed by atoms with van der Waals surface area (Å²) in [7, 11) is -3.65. The van der Waals surface area contributed by atoms with Gasteiger partial charge in [0.2, 0.25) is 15.9 Å². The maximum absolute atomic E-state index is 11.5. The minimum Gasteiger partial charge on any atom is -0.353 e. The van der Waals surface area contributed by atoms with Gasteiger partial charge in [0.05, 0.1) is 12.7 Å². The van der Waals surface area contributed by atoms with Crippen LogP contribution in [0.25, 0.3) is 0 Å². The topological polar surface area (TPSA) is 104 Å². The second-order valence-corrected chi connectivity index (χ2v) is 5.25. The van der Waals surface area contributed by atoms with E-state index in [0.29, 0.717) is 0 Å². The molecule has 0 aliphatic heterocycles. The van der Waals surface area contributed by atoms with Gasteiger partial charge >= 0.3 is 0 Å². The van der Waals surface area contributed by atoms with Gasteiger partial charge in [0, 0.05) is 12.2 Å². The molecule has 0 aromatic carbocycles. The second kappa shape index (κ2) is 5.08. The summed E-state index contributed by atoms with van der Waals surface area (Å²) in [5.74, 6) is -0.373. The average molecular weight is 246 g/mol. The van der Waals surface area contributed by atoms with Crippen LogP contribution in [-0.2, 0) is 14.8 Å². The lowest BCUT2D eigenvalue weighted by Crippen LogP contribution is -2.39. The van der Waals surface area contributed by atoms with Crippen molar-refractivity contribution in [3.8, 4) is 0 Å². The van der Waals surface area contributed by atoms with Crippen LogP contribution in [0.3, 0.4) is 0 Å². The predicted octanol–water partition coefficient (Wildman–Crippen LogP) is -0.787. The van der Waals surface area contributed by atoms with Crippen molar-refractivity contribution < 1.29 is 13.2 Å². The number of carbonyl (C=O) groups is 1. The van der Waals surface area contributed by atoms with Crippen LogP contribution < -0.4 is 10.0 Å². The Morgan fingerprint density at radius 3 is 2.75 bits per heavy atom. The van der Waals surface area contributed by atoms with Crippen molar-refractivity contribution in [3.63, 3.8) is 0 Å². The highest BCUT2D eigenvalue weighted by atomic mass is 32.2. The summed E-state index contributed by atoms with van der Waals surface area (Å²) in [6.45, 7) is 3.30. The number of hydrogen-bond donors (Lipinski definition) is 3. The third kappa shape index (κ3) is 3.63. The molecule has 0 bridgehead atoms. The zero-order chi connectivity index (χ0) is 12.2. The summed E-state index contributed by atoms with van der Waals surface area (Å²) in [6, 6.07) is -0.0223. The van der Waals surface area contributed by atoms with E-state index >= 15 is 0 Å². The Morgan fingerprint density at radius 2 is 2.25 bits per heavy atom. The summed E-state index contributed by atoms with van der Waals surface area (Å²) in [4.78, 5) is 11.2. The minimum absolute atomic E-state index is 0.00449. The fourth-order valence-electron chi connectivity index (χ4n) is 1.00. The van der Waals surface area contributed by atoms with Gasteiger partial charge in [-0.2, -0.15) is 5.10 Å². The van der Waals surface area contributed by atoms with Gasteiger partial charge < -0.3 is 5.32 Å². The second-order valence-electron chi connectivity index (χ2n) is 3.48. The van der Waals surface area contributed by atoms with E-state index in [0.717, 1.165) is 0 Å². The summed E-state index contributed by atoms with van der Waals surface area (Å²) >= 11 is 0.